The van der Waals surface area contributed by atoms with Gasteiger partial charge in [-0.25, -0.2) is 17.2 Å². The summed E-state index contributed by atoms with van der Waals surface area (Å²) in [7, 11) is -3.86. The minimum absolute atomic E-state index is 0.0630. The zero-order chi connectivity index (χ0) is 23.0. The molecule has 1 aliphatic rings. The van der Waals surface area contributed by atoms with E-state index in [4.69, 9.17) is 11.6 Å². The summed E-state index contributed by atoms with van der Waals surface area (Å²) in [5.74, 6) is -2.42. The van der Waals surface area contributed by atoms with Gasteiger partial charge in [-0.05, 0) is 49.6 Å². The Morgan fingerprint density at radius 1 is 1.25 bits per heavy atom. The number of nitrogens with zero attached hydrogens (tertiary/aromatic N) is 3. The van der Waals surface area contributed by atoms with Crippen LogP contribution in [0.3, 0.4) is 0 Å². The molecule has 0 radical (unpaired) electrons. The van der Waals surface area contributed by atoms with Crippen molar-refractivity contribution < 1.29 is 22.0 Å². The summed E-state index contributed by atoms with van der Waals surface area (Å²) in [6.07, 6.45) is 1.13. The van der Waals surface area contributed by atoms with E-state index in [9.17, 15) is 22.0 Å². The van der Waals surface area contributed by atoms with Crippen molar-refractivity contribution in [3.8, 4) is 0 Å². The highest BCUT2D eigenvalue weighted by molar-refractivity contribution is 7.89. The van der Waals surface area contributed by atoms with E-state index in [2.05, 4.69) is 15.5 Å². The summed E-state index contributed by atoms with van der Waals surface area (Å²) in [6.45, 7) is 1.93. The molecule has 1 fully saturated rings. The number of carbonyl (C=O) groups excluding carboxylic acids is 1. The maximum Gasteiger partial charge on any atom is 0.286 e. The molecule has 12 heteroatoms. The van der Waals surface area contributed by atoms with Gasteiger partial charge in [-0.3, -0.25) is 4.79 Å². The SMILES string of the molecule is Cc1c(Cl)cccc1S(=O)(=O)N1CCC[C@H]1c1nnc(C(=O)Nc2ccc(F)cc2F)s1. The van der Waals surface area contributed by atoms with Crippen molar-refractivity contribution in [3.63, 3.8) is 0 Å². The van der Waals surface area contributed by atoms with Crippen molar-refractivity contribution in [2.24, 2.45) is 0 Å². The van der Waals surface area contributed by atoms with E-state index in [0.29, 0.717) is 41.0 Å². The van der Waals surface area contributed by atoms with E-state index < -0.39 is 33.6 Å². The average molecular weight is 499 g/mol. The van der Waals surface area contributed by atoms with Gasteiger partial charge < -0.3 is 5.32 Å². The molecule has 0 aliphatic carbocycles. The van der Waals surface area contributed by atoms with Crippen molar-refractivity contribution in [2.45, 2.75) is 30.7 Å². The molecule has 1 aromatic heterocycles. The van der Waals surface area contributed by atoms with Gasteiger partial charge in [0, 0.05) is 17.6 Å². The Labute approximate surface area is 192 Å². The van der Waals surface area contributed by atoms with Crippen LogP contribution in [0.1, 0.15) is 39.3 Å². The Kier molecular flexibility index (Phi) is 6.26. The molecule has 0 bridgehead atoms. The fourth-order valence-electron chi connectivity index (χ4n) is 3.50. The third kappa shape index (κ3) is 4.25. The molecule has 3 aromatic rings. The Hall–Kier alpha value is -2.47. The molecule has 168 valence electrons. The van der Waals surface area contributed by atoms with Gasteiger partial charge in [0.05, 0.1) is 16.6 Å². The quantitative estimate of drug-likeness (QED) is 0.557. The van der Waals surface area contributed by atoms with Crippen molar-refractivity contribution in [1.29, 1.82) is 0 Å². The van der Waals surface area contributed by atoms with E-state index in [0.717, 1.165) is 23.5 Å². The Bertz CT molecular complexity index is 1300. The van der Waals surface area contributed by atoms with E-state index >= 15 is 0 Å². The zero-order valence-electron chi connectivity index (χ0n) is 16.7. The molecule has 32 heavy (non-hydrogen) atoms. The number of sulfonamides is 1. The number of nitrogens with one attached hydrogen (secondary N) is 1. The largest absolute Gasteiger partial charge is 0.317 e. The van der Waals surface area contributed by atoms with Crippen LogP contribution in [0.25, 0.3) is 0 Å². The molecule has 0 unspecified atom stereocenters. The highest BCUT2D eigenvalue weighted by atomic mass is 35.5. The number of aromatic nitrogens is 2. The maximum absolute atomic E-state index is 13.8. The van der Waals surface area contributed by atoms with Crippen molar-refractivity contribution in [3.05, 3.63) is 68.6 Å². The van der Waals surface area contributed by atoms with E-state index in [-0.39, 0.29) is 15.6 Å². The summed E-state index contributed by atoms with van der Waals surface area (Å²) in [6, 6.07) is 6.89. The molecule has 1 N–H and O–H groups in total. The second kappa shape index (κ2) is 8.81. The first-order valence-corrected chi connectivity index (χ1v) is 12.2. The second-order valence-electron chi connectivity index (χ2n) is 7.16. The number of benzene rings is 2. The number of halogens is 3. The lowest BCUT2D eigenvalue weighted by Crippen LogP contribution is -2.31. The monoisotopic (exact) mass is 498 g/mol. The van der Waals surface area contributed by atoms with Gasteiger partial charge in [-0.2, -0.15) is 4.31 Å². The summed E-state index contributed by atoms with van der Waals surface area (Å²) < 4.78 is 54.8. The summed E-state index contributed by atoms with van der Waals surface area (Å²) in [4.78, 5) is 12.6. The van der Waals surface area contributed by atoms with Crippen LogP contribution in [-0.2, 0) is 10.0 Å². The maximum atomic E-state index is 13.8. The predicted octanol–water partition coefficient (Wildman–Crippen LogP) is 4.56. The molecule has 7 nitrogen and oxygen atoms in total. The molecule has 0 spiro atoms. The van der Waals surface area contributed by atoms with Crippen LogP contribution >= 0.6 is 22.9 Å². The molecular formula is C20H17ClF2N4O3S2. The summed E-state index contributed by atoms with van der Waals surface area (Å²) in [5.41, 5.74) is 0.258. The van der Waals surface area contributed by atoms with Gasteiger partial charge in [-0.15, -0.1) is 10.2 Å². The fraction of sp³-hybridized carbons (Fsp3) is 0.250. The Balaban J connectivity index is 1.58. The zero-order valence-corrected chi connectivity index (χ0v) is 19.1. The van der Waals surface area contributed by atoms with Gasteiger partial charge >= 0.3 is 0 Å². The van der Waals surface area contributed by atoms with Crippen LogP contribution in [0.5, 0.6) is 0 Å². The Morgan fingerprint density at radius 3 is 2.78 bits per heavy atom. The van der Waals surface area contributed by atoms with E-state index in [1.807, 2.05) is 0 Å². The average Bonchev–Trinajstić information content (AvgIpc) is 3.41. The normalized spacial score (nSPS) is 16.9. The molecule has 1 aliphatic heterocycles. The van der Waals surface area contributed by atoms with Crippen LogP contribution in [0, 0.1) is 18.6 Å². The number of amides is 1. The molecule has 2 heterocycles. The topological polar surface area (TPSA) is 92.3 Å². The second-order valence-corrected chi connectivity index (χ2v) is 10.4. The number of rotatable bonds is 5. The molecule has 1 amide bonds. The number of hydrogen-bond acceptors (Lipinski definition) is 6. The van der Waals surface area contributed by atoms with Gasteiger partial charge in [-0.1, -0.05) is 29.0 Å². The molecule has 2 aromatic carbocycles. The van der Waals surface area contributed by atoms with Crippen LogP contribution in [-0.4, -0.2) is 35.4 Å². The number of anilines is 1. The molecule has 0 saturated carbocycles. The number of hydrogen-bond donors (Lipinski definition) is 1. The van der Waals surface area contributed by atoms with Crippen molar-refractivity contribution >= 4 is 44.6 Å². The third-order valence-electron chi connectivity index (χ3n) is 5.11. The molecule has 4 rings (SSSR count). The Morgan fingerprint density at radius 2 is 2.03 bits per heavy atom. The van der Waals surface area contributed by atoms with Gasteiger partial charge in [0.25, 0.3) is 5.91 Å². The highest BCUT2D eigenvalue weighted by Crippen LogP contribution is 2.39. The number of carbonyl (C=O) groups is 1. The molecular weight excluding hydrogens is 482 g/mol. The molecule has 1 atom stereocenters. The van der Waals surface area contributed by atoms with Crippen LogP contribution in [0.15, 0.2) is 41.3 Å². The van der Waals surface area contributed by atoms with Crippen molar-refractivity contribution in [1.82, 2.24) is 14.5 Å². The predicted molar refractivity (Wildman–Crippen MR) is 116 cm³/mol. The third-order valence-corrected chi connectivity index (χ3v) is 8.59. The van der Waals surface area contributed by atoms with Crippen LogP contribution in [0.2, 0.25) is 5.02 Å². The first-order valence-electron chi connectivity index (χ1n) is 9.55. The smallest absolute Gasteiger partial charge is 0.286 e. The minimum Gasteiger partial charge on any atom is -0.317 e. The summed E-state index contributed by atoms with van der Waals surface area (Å²) >= 11 is 7.04. The van der Waals surface area contributed by atoms with Gasteiger partial charge in [0.15, 0.2) is 0 Å². The minimum atomic E-state index is -3.86. The van der Waals surface area contributed by atoms with Crippen LogP contribution in [0.4, 0.5) is 14.5 Å². The first kappa shape index (κ1) is 22.7. The first-order chi connectivity index (χ1) is 15.2. The lowest BCUT2D eigenvalue weighted by atomic mass is 10.2. The molecule has 1 saturated heterocycles. The summed E-state index contributed by atoms with van der Waals surface area (Å²) in [5, 5.41) is 10.8. The lowest BCUT2D eigenvalue weighted by Gasteiger charge is -2.23. The van der Waals surface area contributed by atoms with Crippen molar-refractivity contribution in [2.75, 3.05) is 11.9 Å². The standard InChI is InChI=1S/C20H17ClF2N4O3S2/c1-11-13(21)4-2-6-17(11)32(29,30)27-9-3-5-16(27)19-25-26-20(31-19)18(28)24-15-8-7-12(22)10-14(15)23/h2,4,6-8,10,16H,3,5,9H2,1H3,(H,24,28)/t16-/m0/s1. The highest BCUT2D eigenvalue weighted by Gasteiger charge is 2.39. The van der Waals surface area contributed by atoms with Crippen LogP contribution < -0.4 is 5.32 Å². The van der Waals surface area contributed by atoms with E-state index in [1.165, 1.54) is 10.4 Å². The lowest BCUT2D eigenvalue weighted by molar-refractivity contribution is 0.102. The van der Waals surface area contributed by atoms with E-state index in [1.54, 1.807) is 19.1 Å². The van der Waals surface area contributed by atoms with Gasteiger partial charge in [0.2, 0.25) is 15.0 Å². The van der Waals surface area contributed by atoms with Gasteiger partial charge in [0.1, 0.15) is 16.6 Å². The fourth-order valence-corrected chi connectivity index (χ4v) is 6.59.